The van der Waals surface area contributed by atoms with Gasteiger partial charge in [0.05, 0.1) is 6.42 Å². The van der Waals surface area contributed by atoms with Crippen LogP contribution >= 0.6 is 11.6 Å². The fourth-order valence-electron chi connectivity index (χ4n) is 5.75. The Kier molecular flexibility index (Phi) is 2.82. The number of carbonyl (C=O) groups is 1. The SMILES string of the molecule is CC1(C)C[C@H](Cl)C[C@]2(C)[C@H]3CC(=O)O[C@]3(C)CC[C@@H]12. The van der Waals surface area contributed by atoms with Crippen LogP contribution in [0.1, 0.15) is 59.8 Å². The summed E-state index contributed by atoms with van der Waals surface area (Å²) in [6.45, 7) is 9.20. The third kappa shape index (κ3) is 1.86. The Morgan fingerprint density at radius 1 is 1.16 bits per heavy atom. The average Bonchev–Trinajstić information content (AvgIpc) is 2.51. The third-order valence-corrected chi connectivity index (χ3v) is 6.64. The molecule has 1 saturated heterocycles. The molecule has 3 fully saturated rings. The Balaban J connectivity index is 2.02. The van der Waals surface area contributed by atoms with Crippen LogP contribution in [-0.2, 0) is 9.53 Å². The van der Waals surface area contributed by atoms with Crippen molar-refractivity contribution in [2.45, 2.75) is 70.8 Å². The Labute approximate surface area is 121 Å². The summed E-state index contributed by atoms with van der Waals surface area (Å²) in [5, 5.41) is 0.231. The first kappa shape index (κ1) is 13.7. The molecule has 0 N–H and O–H groups in total. The molecular formula is C16H25ClO2. The molecule has 5 atom stereocenters. The number of esters is 1. The molecule has 3 aliphatic rings. The highest BCUT2D eigenvalue weighted by Crippen LogP contribution is 2.65. The Morgan fingerprint density at radius 3 is 2.53 bits per heavy atom. The molecule has 1 aliphatic heterocycles. The van der Waals surface area contributed by atoms with Gasteiger partial charge < -0.3 is 4.74 Å². The maximum Gasteiger partial charge on any atom is 0.306 e. The van der Waals surface area contributed by atoms with E-state index in [4.69, 9.17) is 16.3 Å². The van der Waals surface area contributed by atoms with Gasteiger partial charge in [-0.3, -0.25) is 4.79 Å². The zero-order valence-corrected chi connectivity index (χ0v) is 13.2. The molecule has 2 aliphatic carbocycles. The number of rotatable bonds is 0. The highest BCUT2D eigenvalue weighted by Gasteiger charge is 2.63. The van der Waals surface area contributed by atoms with Gasteiger partial charge >= 0.3 is 5.97 Å². The predicted molar refractivity (Wildman–Crippen MR) is 76.1 cm³/mol. The van der Waals surface area contributed by atoms with Crippen LogP contribution in [0.3, 0.4) is 0 Å². The zero-order chi connectivity index (χ0) is 14.1. The minimum absolute atomic E-state index is 0.0103. The summed E-state index contributed by atoms with van der Waals surface area (Å²) in [7, 11) is 0. The van der Waals surface area contributed by atoms with E-state index in [2.05, 4.69) is 27.7 Å². The molecule has 0 aromatic rings. The number of hydrogen-bond donors (Lipinski definition) is 0. The van der Waals surface area contributed by atoms with E-state index in [-0.39, 0.29) is 27.8 Å². The second-order valence-corrected chi connectivity index (χ2v) is 8.75. The third-order valence-electron chi connectivity index (χ3n) is 6.33. The van der Waals surface area contributed by atoms with Gasteiger partial charge in [-0.1, -0.05) is 20.8 Å². The minimum atomic E-state index is -0.244. The first-order chi connectivity index (χ1) is 8.67. The lowest BCUT2D eigenvalue weighted by Gasteiger charge is -2.60. The quantitative estimate of drug-likeness (QED) is 0.493. The van der Waals surface area contributed by atoms with Crippen LogP contribution in [0.5, 0.6) is 0 Å². The molecule has 3 rings (SSSR count). The van der Waals surface area contributed by atoms with Gasteiger partial charge in [-0.15, -0.1) is 11.6 Å². The molecular weight excluding hydrogens is 260 g/mol. The summed E-state index contributed by atoms with van der Waals surface area (Å²) >= 11 is 6.56. The van der Waals surface area contributed by atoms with E-state index in [1.54, 1.807) is 0 Å². The molecule has 0 spiro atoms. The number of ether oxygens (including phenoxy) is 1. The lowest BCUT2D eigenvalue weighted by molar-refractivity contribution is -0.164. The predicted octanol–water partition coefficient (Wildman–Crippen LogP) is 4.15. The summed E-state index contributed by atoms with van der Waals surface area (Å²) in [5.41, 5.74) is 0.173. The van der Waals surface area contributed by atoms with Gasteiger partial charge in [0.25, 0.3) is 0 Å². The number of fused-ring (bicyclic) bond motifs is 3. The second-order valence-electron chi connectivity index (χ2n) is 8.13. The maximum absolute atomic E-state index is 11.8. The minimum Gasteiger partial charge on any atom is -0.459 e. The van der Waals surface area contributed by atoms with Crippen LogP contribution in [0.15, 0.2) is 0 Å². The monoisotopic (exact) mass is 284 g/mol. The van der Waals surface area contributed by atoms with Crippen LogP contribution in [0.2, 0.25) is 0 Å². The van der Waals surface area contributed by atoms with Gasteiger partial charge in [0, 0.05) is 11.3 Å². The normalized spacial score (nSPS) is 52.3. The van der Waals surface area contributed by atoms with Crippen molar-refractivity contribution in [3.05, 3.63) is 0 Å². The first-order valence-electron chi connectivity index (χ1n) is 7.53. The Hall–Kier alpha value is -0.240. The van der Waals surface area contributed by atoms with E-state index in [0.717, 1.165) is 25.7 Å². The second kappa shape index (κ2) is 3.90. The molecule has 1 heterocycles. The van der Waals surface area contributed by atoms with E-state index in [1.807, 2.05) is 0 Å². The molecule has 0 radical (unpaired) electrons. The molecule has 0 amide bonds. The van der Waals surface area contributed by atoms with Gasteiger partial charge in [-0.05, 0) is 49.4 Å². The smallest absolute Gasteiger partial charge is 0.306 e. The summed E-state index contributed by atoms with van der Waals surface area (Å²) < 4.78 is 5.69. The molecule has 2 nitrogen and oxygen atoms in total. The topological polar surface area (TPSA) is 26.3 Å². The average molecular weight is 285 g/mol. The van der Waals surface area contributed by atoms with Crippen molar-refractivity contribution in [3.63, 3.8) is 0 Å². The van der Waals surface area contributed by atoms with Crippen molar-refractivity contribution in [2.24, 2.45) is 22.7 Å². The van der Waals surface area contributed by atoms with E-state index >= 15 is 0 Å². The highest BCUT2D eigenvalue weighted by atomic mass is 35.5. The van der Waals surface area contributed by atoms with Crippen LogP contribution in [0.25, 0.3) is 0 Å². The molecule has 0 bridgehead atoms. The van der Waals surface area contributed by atoms with Crippen molar-refractivity contribution in [3.8, 4) is 0 Å². The van der Waals surface area contributed by atoms with E-state index in [1.165, 1.54) is 0 Å². The van der Waals surface area contributed by atoms with Gasteiger partial charge in [0.2, 0.25) is 0 Å². The van der Waals surface area contributed by atoms with E-state index < -0.39 is 0 Å². The molecule has 3 heteroatoms. The van der Waals surface area contributed by atoms with Crippen molar-refractivity contribution in [1.82, 2.24) is 0 Å². The zero-order valence-electron chi connectivity index (χ0n) is 12.5. The van der Waals surface area contributed by atoms with Gasteiger partial charge in [-0.2, -0.15) is 0 Å². The number of carbonyl (C=O) groups excluding carboxylic acids is 1. The fraction of sp³-hybridized carbons (Fsp3) is 0.938. The molecule has 108 valence electrons. The summed E-state index contributed by atoms with van der Waals surface area (Å²) in [5.74, 6) is 0.985. The van der Waals surface area contributed by atoms with Crippen molar-refractivity contribution in [1.29, 1.82) is 0 Å². The molecule has 0 unspecified atom stereocenters. The van der Waals surface area contributed by atoms with Gasteiger partial charge in [-0.25, -0.2) is 0 Å². The van der Waals surface area contributed by atoms with Crippen molar-refractivity contribution >= 4 is 17.6 Å². The summed E-state index contributed by atoms with van der Waals surface area (Å²) in [6.07, 6.45) is 4.88. The molecule has 0 aromatic heterocycles. The maximum atomic E-state index is 11.8. The number of alkyl halides is 1. The number of hydrogen-bond acceptors (Lipinski definition) is 2. The van der Waals surface area contributed by atoms with Crippen LogP contribution in [0, 0.1) is 22.7 Å². The van der Waals surface area contributed by atoms with E-state index in [0.29, 0.717) is 18.3 Å². The van der Waals surface area contributed by atoms with Crippen molar-refractivity contribution in [2.75, 3.05) is 0 Å². The molecule has 19 heavy (non-hydrogen) atoms. The lowest BCUT2D eigenvalue weighted by atomic mass is 9.45. The molecule has 0 aromatic carbocycles. The first-order valence-corrected chi connectivity index (χ1v) is 7.97. The summed E-state index contributed by atoms with van der Waals surface area (Å²) in [4.78, 5) is 11.8. The fourth-order valence-corrected chi connectivity index (χ4v) is 6.48. The lowest BCUT2D eigenvalue weighted by Crippen LogP contribution is -2.57. The van der Waals surface area contributed by atoms with Crippen LogP contribution in [-0.4, -0.2) is 16.9 Å². The van der Waals surface area contributed by atoms with E-state index in [9.17, 15) is 4.79 Å². The van der Waals surface area contributed by atoms with Crippen LogP contribution < -0.4 is 0 Å². The van der Waals surface area contributed by atoms with Gasteiger partial charge in [0.1, 0.15) is 5.60 Å². The standard InChI is InChI=1S/C16H25ClO2/c1-14(2)8-10(17)9-15(3)11(14)5-6-16(4)12(15)7-13(18)19-16/h10-12H,5-9H2,1-4H3/t10-,11-,12+,15-,16+/m0/s1. The summed E-state index contributed by atoms with van der Waals surface area (Å²) in [6, 6.07) is 0. The Morgan fingerprint density at radius 2 is 1.84 bits per heavy atom. The molecule has 2 saturated carbocycles. The Bertz CT molecular complexity index is 419. The number of halogens is 1. The highest BCUT2D eigenvalue weighted by molar-refractivity contribution is 6.20. The van der Waals surface area contributed by atoms with Crippen molar-refractivity contribution < 1.29 is 9.53 Å². The largest absolute Gasteiger partial charge is 0.459 e. The van der Waals surface area contributed by atoms with Crippen LogP contribution in [0.4, 0.5) is 0 Å². The van der Waals surface area contributed by atoms with Gasteiger partial charge in [0.15, 0.2) is 0 Å².